The molecule has 0 saturated carbocycles. The van der Waals surface area contributed by atoms with E-state index in [4.69, 9.17) is 13.9 Å². The normalized spacial score (nSPS) is 13.6. The van der Waals surface area contributed by atoms with Gasteiger partial charge in [0.25, 0.3) is 0 Å². The number of ether oxygens (including phenoxy) is 2. The van der Waals surface area contributed by atoms with Crippen LogP contribution in [0.25, 0.3) is 0 Å². The van der Waals surface area contributed by atoms with Crippen molar-refractivity contribution >= 4 is 17.6 Å². The van der Waals surface area contributed by atoms with Crippen molar-refractivity contribution in [2.75, 3.05) is 58.4 Å². The Morgan fingerprint density at radius 3 is 2.47 bits per heavy atom. The maximum atomic E-state index is 13.6. The summed E-state index contributed by atoms with van der Waals surface area (Å²) < 4.78 is 29.7. The van der Waals surface area contributed by atoms with Crippen LogP contribution in [-0.4, -0.2) is 79.7 Å². The maximum Gasteiger partial charge on any atom is 0.322 e. The number of nitrogens with zero attached hydrogens (tertiary/aromatic N) is 3. The third kappa shape index (κ3) is 7.80. The molecule has 4 rings (SSSR count). The first-order valence-electron chi connectivity index (χ1n) is 12.6. The second kappa shape index (κ2) is 13.6. The Bertz CT molecular complexity index is 1170. The van der Waals surface area contributed by atoms with E-state index in [0.717, 1.165) is 18.7 Å². The first-order chi connectivity index (χ1) is 18.5. The van der Waals surface area contributed by atoms with Crippen molar-refractivity contribution in [1.29, 1.82) is 0 Å². The quantitative estimate of drug-likeness (QED) is 0.410. The Kier molecular flexibility index (Phi) is 9.71. The summed E-state index contributed by atoms with van der Waals surface area (Å²) in [7, 11) is 1.53. The molecule has 0 aliphatic carbocycles. The van der Waals surface area contributed by atoms with Crippen molar-refractivity contribution in [1.82, 2.24) is 14.7 Å². The summed E-state index contributed by atoms with van der Waals surface area (Å²) in [4.78, 5) is 32.3. The van der Waals surface area contributed by atoms with Crippen LogP contribution in [0.15, 0.2) is 71.3 Å². The summed E-state index contributed by atoms with van der Waals surface area (Å²) in [5.41, 5.74) is 1.28. The second-order valence-corrected chi connectivity index (χ2v) is 8.96. The molecular formula is C28H33FN4O5. The summed E-state index contributed by atoms with van der Waals surface area (Å²) in [6.45, 7) is 4.08. The molecular weight excluding hydrogens is 491 g/mol. The van der Waals surface area contributed by atoms with Gasteiger partial charge in [0.1, 0.15) is 23.9 Å². The SMILES string of the molecule is COc1ccccc1NC(=O)N(CCN1CCOCC1)CC(=O)N(Cc1ccc(F)cc1)Cc1ccco1. The van der Waals surface area contributed by atoms with Crippen molar-refractivity contribution in [2.24, 2.45) is 0 Å². The van der Waals surface area contributed by atoms with E-state index in [9.17, 15) is 14.0 Å². The van der Waals surface area contributed by atoms with Gasteiger partial charge in [-0.05, 0) is 42.0 Å². The van der Waals surface area contributed by atoms with E-state index in [2.05, 4.69) is 10.2 Å². The molecule has 9 nitrogen and oxygen atoms in total. The van der Waals surface area contributed by atoms with Crippen molar-refractivity contribution < 1.29 is 27.9 Å². The molecule has 0 bridgehead atoms. The number of carbonyl (C=O) groups excluding carboxylic acids is 2. The number of furan rings is 1. The summed E-state index contributed by atoms with van der Waals surface area (Å²) in [6.07, 6.45) is 1.55. The zero-order chi connectivity index (χ0) is 26.7. The molecule has 3 amide bonds. The van der Waals surface area contributed by atoms with Crippen LogP contribution in [0.2, 0.25) is 0 Å². The molecule has 2 heterocycles. The van der Waals surface area contributed by atoms with Gasteiger partial charge in [0, 0.05) is 32.7 Å². The number of anilines is 1. The number of morpholine rings is 1. The first-order valence-corrected chi connectivity index (χ1v) is 12.6. The highest BCUT2D eigenvalue weighted by atomic mass is 19.1. The highest BCUT2D eigenvalue weighted by molar-refractivity contribution is 5.93. The van der Waals surface area contributed by atoms with Gasteiger partial charge in [-0.3, -0.25) is 9.69 Å². The lowest BCUT2D eigenvalue weighted by atomic mass is 10.2. The van der Waals surface area contributed by atoms with E-state index in [0.29, 0.717) is 43.5 Å². The number of hydrogen-bond acceptors (Lipinski definition) is 6. The number of amides is 3. The Morgan fingerprint density at radius 2 is 1.76 bits per heavy atom. The van der Waals surface area contributed by atoms with E-state index in [-0.39, 0.29) is 31.4 Å². The minimum Gasteiger partial charge on any atom is -0.495 e. The van der Waals surface area contributed by atoms with Crippen LogP contribution in [0.4, 0.5) is 14.9 Å². The number of nitrogens with one attached hydrogen (secondary N) is 1. The van der Waals surface area contributed by atoms with Gasteiger partial charge < -0.3 is 29.0 Å². The Balaban J connectivity index is 1.50. The smallest absolute Gasteiger partial charge is 0.322 e. The van der Waals surface area contributed by atoms with Gasteiger partial charge in [0.2, 0.25) is 5.91 Å². The minimum atomic E-state index is -0.407. The van der Waals surface area contributed by atoms with Crippen LogP contribution in [-0.2, 0) is 22.6 Å². The molecule has 0 unspecified atom stereocenters. The Labute approximate surface area is 221 Å². The van der Waals surface area contributed by atoms with E-state index in [1.54, 1.807) is 53.6 Å². The van der Waals surface area contributed by atoms with Gasteiger partial charge in [0.05, 0.1) is 38.8 Å². The predicted molar refractivity (Wildman–Crippen MR) is 140 cm³/mol. The van der Waals surface area contributed by atoms with Gasteiger partial charge in [-0.15, -0.1) is 0 Å². The number of methoxy groups -OCH3 is 1. The van der Waals surface area contributed by atoms with Crippen LogP contribution >= 0.6 is 0 Å². The molecule has 1 saturated heterocycles. The van der Waals surface area contributed by atoms with Gasteiger partial charge in [-0.1, -0.05) is 24.3 Å². The zero-order valence-electron chi connectivity index (χ0n) is 21.5. The lowest BCUT2D eigenvalue weighted by Crippen LogP contribution is -2.48. The van der Waals surface area contributed by atoms with Crippen molar-refractivity contribution in [3.8, 4) is 5.75 Å². The molecule has 0 radical (unpaired) electrons. The monoisotopic (exact) mass is 524 g/mol. The molecule has 2 aromatic carbocycles. The average Bonchev–Trinajstić information content (AvgIpc) is 3.46. The average molecular weight is 525 g/mol. The van der Waals surface area contributed by atoms with Gasteiger partial charge in [-0.2, -0.15) is 0 Å². The fourth-order valence-corrected chi connectivity index (χ4v) is 4.18. The molecule has 10 heteroatoms. The van der Waals surface area contributed by atoms with Gasteiger partial charge in [0.15, 0.2) is 0 Å². The second-order valence-electron chi connectivity index (χ2n) is 8.96. The number of hydrogen-bond donors (Lipinski definition) is 1. The lowest BCUT2D eigenvalue weighted by molar-refractivity contribution is -0.133. The molecule has 1 aliphatic heterocycles. The minimum absolute atomic E-state index is 0.146. The topological polar surface area (TPSA) is 87.5 Å². The largest absolute Gasteiger partial charge is 0.495 e. The third-order valence-electron chi connectivity index (χ3n) is 6.32. The number of benzene rings is 2. The van der Waals surface area contributed by atoms with Crippen molar-refractivity contribution in [2.45, 2.75) is 13.1 Å². The molecule has 1 N–H and O–H groups in total. The molecule has 1 aromatic heterocycles. The van der Waals surface area contributed by atoms with Crippen molar-refractivity contribution in [3.63, 3.8) is 0 Å². The standard InChI is InChI=1S/C28H33FN4O5/c1-36-26-7-3-2-6-25(26)30-28(35)32(13-12-31-14-17-37-18-15-31)21-27(34)33(20-24-5-4-16-38-24)19-22-8-10-23(29)11-9-22/h2-11,16H,12-15,17-21H2,1H3,(H,30,35). The molecule has 1 aliphatic rings. The zero-order valence-corrected chi connectivity index (χ0v) is 21.5. The number of carbonyl (C=O) groups is 2. The van der Waals surface area contributed by atoms with Gasteiger partial charge in [-0.25, -0.2) is 9.18 Å². The van der Waals surface area contributed by atoms with Crippen LogP contribution in [0.5, 0.6) is 5.75 Å². The first kappa shape index (κ1) is 27.2. The Hall–Kier alpha value is -3.89. The van der Waals surface area contributed by atoms with E-state index >= 15 is 0 Å². The molecule has 38 heavy (non-hydrogen) atoms. The number of para-hydroxylation sites is 2. The highest BCUT2D eigenvalue weighted by Gasteiger charge is 2.24. The summed E-state index contributed by atoms with van der Waals surface area (Å²) in [5.74, 6) is 0.526. The maximum absolute atomic E-state index is 13.6. The van der Waals surface area contributed by atoms with Crippen LogP contribution in [0.1, 0.15) is 11.3 Å². The number of halogens is 1. The van der Waals surface area contributed by atoms with Crippen LogP contribution < -0.4 is 10.1 Å². The Morgan fingerprint density at radius 1 is 1.00 bits per heavy atom. The van der Waals surface area contributed by atoms with Crippen molar-refractivity contribution in [3.05, 3.63) is 84.1 Å². The van der Waals surface area contributed by atoms with Crippen LogP contribution in [0, 0.1) is 5.82 Å². The molecule has 0 spiro atoms. The number of urea groups is 1. The van der Waals surface area contributed by atoms with Crippen LogP contribution in [0.3, 0.4) is 0 Å². The lowest BCUT2D eigenvalue weighted by Gasteiger charge is -2.31. The molecule has 3 aromatic rings. The summed E-state index contributed by atoms with van der Waals surface area (Å²) in [6, 6.07) is 16.3. The fourth-order valence-electron chi connectivity index (χ4n) is 4.18. The molecule has 202 valence electrons. The molecule has 1 fully saturated rings. The number of rotatable bonds is 11. The van der Waals surface area contributed by atoms with Gasteiger partial charge >= 0.3 is 6.03 Å². The highest BCUT2D eigenvalue weighted by Crippen LogP contribution is 2.23. The fraction of sp³-hybridized carbons (Fsp3) is 0.357. The van der Waals surface area contributed by atoms with E-state index < -0.39 is 6.03 Å². The third-order valence-corrected chi connectivity index (χ3v) is 6.32. The molecule has 0 atom stereocenters. The van der Waals surface area contributed by atoms with E-state index in [1.807, 2.05) is 6.07 Å². The summed E-state index contributed by atoms with van der Waals surface area (Å²) >= 11 is 0. The summed E-state index contributed by atoms with van der Waals surface area (Å²) in [5, 5.41) is 2.88. The van der Waals surface area contributed by atoms with E-state index in [1.165, 1.54) is 24.1 Å². The predicted octanol–water partition coefficient (Wildman–Crippen LogP) is 3.82.